The van der Waals surface area contributed by atoms with Crippen molar-refractivity contribution >= 4 is 22.3 Å². The van der Waals surface area contributed by atoms with E-state index in [-0.39, 0.29) is 17.9 Å². The third-order valence-electron chi connectivity index (χ3n) is 3.93. The topological polar surface area (TPSA) is 58.9 Å². The molecule has 0 aromatic heterocycles. The summed E-state index contributed by atoms with van der Waals surface area (Å²) in [7, 11) is 1.60. The summed E-state index contributed by atoms with van der Waals surface area (Å²) < 4.78 is 5.11. The van der Waals surface area contributed by atoms with Crippen LogP contribution in [0.25, 0.3) is 10.8 Å². The molecule has 0 amide bonds. The van der Waals surface area contributed by atoms with Gasteiger partial charge in [0.2, 0.25) is 5.78 Å². The molecule has 0 heterocycles. The minimum atomic E-state index is -0.279. The van der Waals surface area contributed by atoms with E-state index in [0.29, 0.717) is 5.56 Å². The zero-order valence-electron chi connectivity index (χ0n) is 13.3. The van der Waals surface area contributed by atoms with E-state index in [1.165, 1.54) is 0 Å². The maximum absolute atomic E-state index is 12.6. The first kappa shape index (κ1) is 15.7. The van der Waals surface area contributed by atoms with Crippen LogP contribution in [-0.4, -0.2) is 23.8 Å². The van der Waals surface area contributed by atoms with Gasteiger partial charge in [-0.1, -0.05) is 53.7 Å². The maximum atomic E-state index is 12.6. The number of ether oxygens (including phenoxy) is 1. The van der Waals surface area contributed by atoms with Gasteiger partial charge in [-0.3, -0.25) is 4.79 Å². The molecule has 0 radical (unpaired) electrons. The Balaban J connectivity index is 1.84. The number of carbonyl (C=O) groups excluding carboxylic acids is 1. The number of rotatable bonds is 5. The molecule has 3 aromatic rings. The van der Waals surface area contributed by atoms with Gasteiger partial charge in [0.15, 0.2) is 0 Å². The minimum Gasteiger partial charge on any atom is -0.497 e. The Bertz CT molecular complexity index is 898. The summed E-state index contributed by atoms with van der Waals surface area (Å²) in [6.45, 7) is 0. The molecule has 0 aliphatic heterocycles. The van der Waals surface area contributed by atoms with Crippen molar-refractivity contribution in [3.05, 3.63) is 77.9 Å². The Kier molecular flexibility index (Phi) is 4.57. The lowest BCUT2D eigenvalue weighted by Gasteiger charge is -2.07. The van der Waals surface area contributed by atoms with Crippen LogP contribution >= 0.6 is 0 Å². The second kappa shape index (κ2) is 6.96. The number of fused-ring (bicyclic) bond motifs is 1. The van der Waals surface area contributed by atoms with Crippen molar-refractivity contribution < 1.29 is 14.7 Å². The van der Waals surface area contributed by atoms with Crippen molar-refractivity contribution in [3.63, 3.8) is 0 Å². The van der Waals surface area contributed by atoms with Gasteiger partial charge in [-0.25, -0.2) is 0 Å². The third-order valence-corrected chi connectivity index (χ3v) is 3.93. The molecule has 120 valence electrons. The van der Waals surface area contributed by atoms with Crippen molar-refractivity contribution in [3.8, 4) is 5.75 Å². The Labute approximate surface area is 140 Å². The van der Waals surface area contributed by atoms with E-state index in [4.69, 9.17) is 4.74 Å². The molecule has 0 spiro atoms. The van der Waals surface area contributed by atoms with E-state index in [1.54, 1.807) is 13.2 Å². The number of benzene rings is 3. The lowest BCUT2D eigenvalue weighted by molar-refractivity contribution is 0.106. The van der Waals surface area contributed by atoms with E-state index in [1.807, 2.05) is 60.7 Å². The molecule has 3 aromatic carbocycles. The molecule has 3 rings (SSSR count). The highest BCUT2D eigenvalue weighted by molar-refractivity contribution is 6.46. The number of ketones is 1. The van der Waals surface area contributed by atoms with E-state index >= 15 is 0 Å². The summed E-state index contributed by atoms with van der Waals surface area (Å²) in [5.41, 5.74) is 1.49. The molecule has 4 nitrogen and oxygen atoms in total. The molecule has 0 atom stereocenters. The van der Waals surface area contributed by atoms with Gasteiger partial charge in [0.1, 0.15) is 11.5 Å². The quantitative estimate of drug-likeness (QED) is 0.333. The van der Waals surface area contributed by atoms with Crippen molar-refractivity contribution in [1.29, 1.82) is 0 Å². The van der Waals surface area contributed by atoms with Crippen molar-refractivity contribution in [1.82, 2.24) is 0 Å². The van der Waals surface area contributed by atoms with Gasteiger partial charge in [0, 0.05) is 12.0 Å². The van der Waals surface area contributed by atoms with Crippen LogP contribution in [0, 0.1) is 0 Å². The third kappa shape index (κ3) is 3.27. The zero-order chi connectivity index (χ0) is 16.9. The van der Waals surface area contributed by atoms with Crippen LogP contribution in [0.5, 0.6) is 5.75 Å². The molecular weight excluding hydrogens is 302 g/mol. The summed E-state index contributed by atoms with van der Waals surface area (Å²) in [4.78, 5) is 12.6. The summed E-state index contributed by atoms with van der Waals surface area (Å²) in [5, 5.41) is 14.5. The van der Waals surface area contributed by atoms with E-state index < -0.39 is 0 Å². The van der Waals surface area contributed by atoms with Gasteiger partial charge < -0.3 is 9.94 Å². The molecule has 0 saturated carbocycles. The number of hydrogen-bond donors (Lipinski definition) is 1. The average molecular weight is 319 g/mol. The largest absolute Gasteiger partial charge is 0.497 e. The normalized spacial score (nSPS) is 11.5. The zero-order valence-corrected chi connectivity index (χ0v) is 13.3. The number of oxime groups is 1. The Morgan fingerprint density at radius 2 is 1.71 bits per heavy atom. The van der Waals surface area contributed by atoms with Crippen molar-refractivity contribution in [2.24, 2.45) is 5.16 Å². The fourth-order valence-corrected chi connectivity index (χ4v) is 2.59. The number of hydrogen-bond acceptors (Lipinski definition) is 4. The number of nitrogens with zero attached hydrogens (tertiary/aromatic N) is 1. The van der Waals surface area contributed by atoms with E-state index in [2.05, 4.69) is 5.16 Å². The van der Waals surface area contributed by atoms with Crippen molar-refractivity contribution in [2.45, 2.75) is 6.42 Å². The lowest BCUT2D eigenvalue weighted by Crippen LogP contribution is -2.17. The van der Waals surface area contributed by atoms with Crippen LogP contribution in [0.2, 0.25) is 0 Å². The summed E-state index contributed by atoms with van der Waals surface area (Å²) >= 11 is 0. The first-order valence-corrected chi connectivity index (χ1v) is 7.58. The number of methoxy groups -OCH3 is 1. The van der Waals surface area contributed by atoms with Crippen LogP contribution in [0.15, 0.2) is 71.9 Å². The molecule has 0 bridgehead atoms. The summed E-state index contributed by atoms with van der Waals surface area (Å²) in [6.07, 6.45) is 0.256. The van der Waals surface area contributed by atoms with Crippen LogP contribution in [-0.2, 0) is 6.42 Å². The standard InChI is InChI=1S/C20H17NO3/c1-24-18-10-6-14(7-11-18)12-19(21-23)20(22)17-9-8-15-4-2-3-5-16(15)13-17/h2-11,13,23H,12H2,1H3/b21-19+. The second-order valence-electron chi connectivity index (χ2n) is 5.46. The van der Waals surface area contributed by atoms with Crippen LogP contribution < -0.4 is 4.74 Å². The molecular formula is C20H17NO3. The van der Waals surface area contributed by atoms with Gasteiger partial charge in [-0.15, -0.1) is 0 Å². The lowest BCUT2D eigenvalue weighted by atomic mass is 9.98. The highest BCUT2D eigenvalue weighted by atomic mass is 16.5. The van der Waals surface area contributed by atoms with Crippen molar-refractivity contribution in [2.75, 3.05) is 7.11 Å². The number of Topliss-reactive ketones (excluding diaryl/α,β-unsaturated/α-hetero) is 1. The van der Waals surface area contributed by atoms with Gasteiger partial charge >= 0.3 is 0 Å². The molecule has 24 heavy (non-hydrogen) atoms. The van der Waals surface area contributed by atoms with E-state index in [0.717, 1.165) is 22.1 Å². The SMILES string of the molecule is COc1ccc(C/C(=N\O)C(=O)c2ccc3ccccc3c2)cc1. The highest BCUT2D eigenvalue weighted by Crippen LogP contribution is 2.18. The molecule has 0 aliphatic carbocycles. The second-order valence-corrected chi connectivity index (χ2v) is 5.46. The predicted molar refractivity (Wildman–Crippen MR) is 94.2 cm³/mol. The summed E-state index contributed by atoms with van der Waals surface area (Å²) in [6, 6.07) is 20.6. The smallest absolute Gasteiger partial charge is 0.210 e. The molecule has 1 N–H and O–H groups in total. The molecule has 0 saturated heterocycles. The average Bonchev–Trinajstić information content (AvgIpc) is 2.65. The van der Waals surface area contributed by atoms with Gasteiger partial charge in [0.05, 0.1) is 7.11 Å². The highest BCUT2D eigenvalue weighted by Gasteiger charge is 2.16. The monoisotopic (exact) mass is 319 g/mol. The molecule has 0 aliphatic rings. The predicted octanol–water partition coefficient (Wildman–Crippen LogP) is 4.10. The van der Waals surface area contributed by atoms with Crippen LogP contribution in [0.1, 0.15) is 15.9 Å². The van der Waals surface area contributed by atoms with E-state index in [9.17, 15) is 10.0 Å². The Morgan fingerprint density at radius 3 is 2.38 bits per heavy atom. The van der Waals surface area contributed by atoms with Crippen LogP contribution in [0.4, 0.5) is 0 Å². The fourth-order valence-electron chi connectivity index (χ4n) is 2.59. The first-order valence-electron chi connectivity index (χ1n) is 7.58. The van der Waals surface area contributed by atoms with Gasteiger partial charge in [-0.2, -0.15) is 0 Å². The summed E-state index contributed by atoms with van der Waals surface area (Å²) in [5.74, 6) is 0.459. The molecule has 0 fully saturated rings. The minimum absolute atomic E-state index is 0.107. The molecule has 4 heteroatoms. The maximum Gasteiger partial charge on any atom is 0.210 e. The Hall–Kier alpha value is -3.14. The first-order chi connectivity index (χ1) is 11.7. The number of carbonyl (C=O) groups is 1. The van der Waals surface area contributed by atoms with Crippen LogP contribution in [0.3, 0.4) is 0 Å². The van der Waals surface area contributed by atoms with Gasteiger partial charge in [0.25, 0.3) is 0 Å². The van der Waals surface area contributed by atoms with Gasteiger partial charge in [-0.05, 0) is 34.5 Å². The fraction of sp³-hybridized carbons (Fsp3) is 0.100. The molecule has 0 unspecified atom stereocenters. The Morgan fingerprint density at radius 1 is 1.00 bits per heavy atom.